The average molecular weight is 391 g/mol. The molecule has 0 radical (unpaired) electrons. The summed E-state index contributed by atoms with van der Waals surface area (Å²) < 4.78 is 5.85. The predicted octanol–water partition coefficient (Wildman–Crippen LogP) is 3.92. The third-order valence-corrected chi connectivity index (χ3v) is 7.52. The monoisotopic (exact) mass is 390 g/mol. The fraction of sp³-hybridized carbons (Fsp3) is 0.480. The number of carbonyl (C=O) groups excluding carboxylic acids is 1. The van der Waals surface area contributed by atoms with E-state index in [-0.39, 0.29) is 17.1 Å². The molecule has 1 atom stereocenters. The molecule has 2 aromatic rings. The van der Waals surface area contributed by atoms with Gasteiger partial charge in [0.25, 0.3) is 0 Å². The van der Waals surface area contributed by atoms with Gasteiger partial charge in [0, 0.05) is 32.4 Å². The van der Waals surface area contributed by atoms with Crippen molar-refractivity contribution in [1.29, 1.82) is 0 Å². The Kier molecular flexibility index (Phi) is 4.43. The van der Waals surface area contributed by atoms with Crippen LogP contribution in [0.1, 0.15) is 36.8 Å². The van der Waals surface area contributed by atoms with Crippen molar-refractivity contribution >= 4 is 11.6 Å². The maximum Gasteiger partial charge on any atom is 0.233 e. The Morgan fingerprint density at radius 1 is 0.966 bits per heavy atom. The third-order valence-electron chi connectivity index (χ3n) is 7.52. The van der Waals surface area contributed by atoms with E-state index in [0.717, 1.165) is 45.3 Å². The van der Waals surface area contributed by atoms with Crippen molar-refractivity contribution in [3.8, 4) is 0 Å². The van der Waals surface area contributed by atoms with Crippen molar-refractivity contribution in [3.05, 3.63) is 65.7 Å². The highest BCUT2D eigenvalue weighted by molar-refractivity contribution is 5.91. The normalized spacial score (nSPS) is 24.3. The van der Waals surface area contributed by atoms with Gasteiger partial charge in [-0.2, -0.15) is 0 Å². The standard InChI is InChI=1S/C25H30N2O2/c1-19-8-10-21(11-9-19)27-18-22(29-2)25(27)14-16-26(17-15-25)23(28)24(12-13-24)20-6-4-3-5-7-20/h3-11,22H,12-18H2,1-2H3. The van der Waals surface area contributed by atoms with Gasteiger partial charge in [-0.3, -0.25) is 4.79 Å². The summed E-state index contributed by atoms with van der Waals surface area (Å²) in [5, 5.41) is 0. The second-order valence-electron chi connectivity index (χ2n) is 9.01. The van der Waals surface area contributed by atoms with Gasteiger partial charge in [-0.25, -0.2) is 0 Å². The number of rotatable bonds is 4. The minimum atomic E-state index is -0.261. The Balaban J connectivity index is 1.32. The van der Waals surface area contributed by atoms with Crippen molar-refractivity contribution in [3.63, 3.8) is 0 Å². The van der Waals surface area contributed by atoms with Crippen LogP contribution in [-0.4, -0.2) is 49.2 Å². The molecule has 1 unspecified atom stereocenters. The molecule has 3 fully saturated rings. The van der Waals surface area contributed by atoms with Gasteiger partial charge in [-0.05, 0) is 50.3 Å². The first-order chi connectivity index (χ1) is 14.1. The van der Waals surface area contributed by atoms with E-state index in [0.29, 0.717) is 5.91 Å². The molecule has 1 spiro atoms. The van der Waals surface area contributed by atoms with Crippen LogP contribution in [-0.2, 0) is 14.9 Å². The summed E-state index contributed by atoms with van der Waals surface area (Å²) in [6.07, 6.45) is 4.14. The lowest BCUT2D eigenvalue weighted by atomic mass is 9.73. The summed E-state index contributed by atoms with van der Waals surface area (Å²) in [6.45, 7) is 4.69. The lowest BCUT2D eigenvalue weighted by Crippen LogP contribution is -2.74. The summed E-state index contributed by atoms with van der Waals surface area (Å²) in [4.78, 5) is 18.0. The van der Waals surface area contributed by atoms with E-state index in [1.54, 1.807) is 0 Å². The number of carbonyl (C=O) groups is 1. The molecule has 0 N–H and O–H groups in total. The molecule has 1 amide bonds. The van der Waals surface area contributed by atoms with Crippen molar-refractivity contribution < 1.29 is 9.53 Å². The number of benzene rings is 2. The molecular weight excluding hydrogens is 360 g/mol. The van der Waals surface area contributed by atoms with Crippen LogP contribution in [0.2, 0.25) is 0 Å². The SMILES string of the molecule is COC1CN(c2ccc(C)cc2)C12CCN(C(=O)C1(c3ccccc3)CC1)CC2. The number of aryl methyl sites for hydroxylation is 1. The molecule has 1 saturated carbocycles. The predicted molar refractivity (Wildman–Crippen MR) is 115 cm³/mol. The maximum absolute atomic E-state index is 13.4. The number of likely N-dealkylation sites (tertiary alicyclic amines) is 1. The summed E-state index contributed by atoms with van der Waals surface area (Å²) in [6, 6.07) is 19.1. The molecule has 0 aromatic heterocycles. The molecule has 4 heteroatoms. The van der Waals surface area contributed by atoms with E-state index in [1.807, 2.05) is 25.3 Å². The van der Waals surface area contributed by atoms with Crippen LogP contribution in [0.3, 0.4) is 0 Å². The van der Waals surface area contributed by atoms with Gasteiger partial charge in [-0.1, -0.05) is 48.0 Å². The fourth-order valence-electron chi connectivity index (χ4n) is 5.46. The molecule has 5 rings (SSSR count). The third kappa shape index (κ3) is 2.88. The molecule has 152 valence electrons. The van der Waals surface area contributed by atoms with Crippen LogP contribution in [0, 0.1) is 6.92 Å². The second kappa shape index (κ2) is 6.88. The Hall–Kier alpha value is -2.33. The Morgan fingerprint density at radius 2 is 1.62 bits per heavy atom. The van der Waals surface area contributed by atoms with Crippen molar-refractivity contribution in [2.45, 2.75) is 49.7 Å². The molecule has 2 aromatic carbocycles. The van der Waals surface area contributed by atoms with E-state index in [4.69, 9.17) is 4.74 Å². The number of nitrogens with zero attached hydrogens (tertiary/aromatic N) is 2. The van der Waals surface area contributed by atoms with E-state index in [2.05, 4.69) is 53.1 Å². The number of amides is 1. The fourth-order valence-corrected chi connectivity index (χ4v) is 5.46. The lowest BCUT2D eigenvalue weighted by Gasteiger charge is -2.62. The van der Waals surface area contributed by atoms with Crippen LogP contribution in [0.4, 0.5) is 5.69 Å². The van der Waals surface area contributed by atoms with E-state index in [9.17, 15) is 4.79 Å². The highest BCUT2D eigenvalue weighted by Gasteiger charge is 2.58. The quantitative estimate of drug-likeness (QED) is 0.793. The molecule has 3 aliphatic rings. The zero-order chi connectivity index (χ0) is 20.1. The van der Waals surface area contributed by atoms with Gasteiger partial charge in [0.05, 0.1) is 17.1 Å². The largest absolute Gasteiger partial charge is 0.377 e. The smallest absolute Gasteiger partial charge is 0.233 e. The number of ether oxygens (including phenoxy) is 1. The lowest BCUT2D eigenvalue weighted by molar-refractivity contribution is -0.137. The van der Waals surface area contributed by atoms with Crippen LogP contribution in [0.25, 0.3) is 0 Å². The van der Waals surface area contributed by atoms with E-state index < -0.39 is 0 Å². The van der Waals surface area contributed by atoms with Gasteiger partial charge in [0.15, 0.2) is 0 Å². The van der Waals surface area contributed by atoms with Crippen molar-refractivity contribution in [2.75, 3.05) is 31.6 Å². The molecule has 2 saturated heterocycles. The molecule has 0 bridgehead atoms. The van der Waals surface area contributed by atoms with Gasteiger partial charge >= 0.3 is 0 Å². The number of hydrogen-bond donors (Lipinski definition) is 0. The summed E-state index contributed by atoms with van der Waals surface area (Å²) in [5.74, 6) is 0.328. The zero-order valence-electron chi connectivity index (χ0n) is 17.4. The molecular formula is C25H30N2O2. The Bertz CT molecular complexity index is 881. The van der Waals surface area contributed by atoms with E-state index in [1.165, 1.54) is 16.8 Å². The first-order valence-corrected chi connectivity index (χ1v) is 10.8. The average Bonchev–Trinajstić information content (AvgIpc) is 3.57. The van der Waals surface area contributed by atoms with Gasteiger partial charge in [-0.15, -0.1) is 0 Å². The van der Waals surface area contributed by atoms with E-state index >= 15 is 0 Å². The van der Waals surface area contributed by atoms with Gasteiger partial charge in [0.1, 0.15) is 0 Å². The topological polar surface area (TPSA) is 32.8 Å². The first-order valence-electron chi connectivity index (χ1n) is 10.8. The second-order valence-corrected chi connectivity index (χ2v) is 9.01. The molecule has 1 aliphatic carbocycles. The number of anilines is 1. The summed E-state index contributed by atoms with van der Waals surface area (Å²) in [5.41, 5.74) is 3.49. The van der Waals surface area contributed by atoms with Gasteiger partial charge in [0.2, 0.25) is 5.91 Å². The zero-order valence-corrected chi connectivity index (χ0v) is 17.4. The molecule has 2 aliphatic heterocycles. The number of methoxy groups -OCH3 is 1. The summed E-state index contributed by atoms with van der Waals surface area (Å²) in [7, 11) is 1.82. The number of hydrogen-bond acceptors (Lipinski definition) is 3. The van der Waals surface area contributed by atoms with Crippen LogP contribution < -0.4 is 4.90 Å². The molecule has 2 heterocycles. The Morgan fingerprint density at radius 3 is 2.21 bits per heavy atom. The minimum Gasteiger partial charge on any atom is -0.377 e. The van der Waals surface area contributed by atoms with Gasteiger partial charge < -0.3 is 14.5 Å². The van der Waals surface area contributed by atoms with Crippen molar-refractivity contribution in [2.24, 2.45) is 0 Å². The van der Waals surface area contributed by atoms with Crippen molar-refractivity contribution in [1.82, 2.24) is 4.90 Å². The maximum atomic E-state index is 13.4. The minimum absolute atomic E-state index is 0.0181. The highest BCUT2D eigenvalue weighted by atomic mass is 16.5. The number of piperidine rings is 1. The van der Waals surface area contributed by atoms with Crippen LogP contribution in [0.5, 0.6) is 0 Å². The highest BCUT2D eigenvalue weighted by Crippen LogP contribution is 2.51. The van der Waals surface area contributed by atoms with Crippen LogP contribution in [0.15, 0.2) is 54.6 Å². The molecule has 4 nitrogen and oxygen atoms in total. The summed E-state index contributed by atoms with van der Waals surface area (Å²) >= 11 is 0. The first kappa shape index (κ1) is 18.7. The Labute approximate surface area is 173 Å². The molecule has 29 heavy (non-hydrogen) atoms. The van der Waals surface area contributed by atoms with Crippen LogP contribution >= 0.6 is 0 Å².